The largest absolute Gasteiger partial charge is 0.263 e. The highest BCUT2D eigenvalue weighted by Gasteiger charge is 2.06. The van der Waals surface area contributed by atoms with E-state index in [2.05, 4.69) is 54.9 Å². The van der Waals surface area contributed by atoms with Crippen molar-refractivity contribution >= 4 is 16.3 Å². The summed E-state index contributed by atoms with van der Waals surface area (Å²) in [6.45, 7) is 6.32. The lowest BCUT2D eigenvalue weighted by Gasteiger charge is -2.09. The Labute approximate surface area is 113 Å². The molecule has 0 bridgehead atoms. The van der Waals surface area contributed by atoms with Crippen LogP contribution in [0.15, 0.2) is 67.5 Å². The third-order valence-corrected chi connectivity index (χ3v) is 3.39. The number of aryl methyl sites for hydroxylation is 1. The summed E-state index contributed by atoms with van der Waals surface area (Å²) in [4.78, 5) is 4.32. The van der Waals surface area contributed by atoms with Gasteiger partial charge in [-0.2, -0.15) is 0 Å². The Morgan fingerprint density at radius 2 is 1.68 bits per heavy atom. The summed E-state index contributed by atoms with van der Waals surface area (Å²) < 4.78 is 0. The van der Waals surface area contributed by atoms with Gasteiger partial charge < -0.3 is 0 Å². The molecule has 0 atom stereocenters. The van der Waals surface area contributed by atoms with E-state index in [-0.39, 0.29) is 0 Å². The van der Waals surface area contributed by atoms with E-state index in [9.17, 15) is 0 Å². The van der Waals surface area contributed by atoms with Crippen LogP contribution in [-0.2, 0) is 0 Å². The monoisotopic (exact) mass is 245 g/mol. The zero-order valence-corrected chi connectivity index (χ0v) is 10.9. The second kappa shape index (κ2) is 4.69. The van der Waals surface area contributed by atoms with Gasteiger partial charge >= 0.3 is 0 Å². The topological polar surface area (TPSA) is 12.9 Å². The van der Waals surface area contributed by atoms with Crippen molar-refractivity contribution in [3.05, 3.63) is 84.2 Å². The van der Waals surface area contributed by atoms with Crippen molar-refractivity contribution < 1.29 is 0 Å². The third-order valence-electron chi connectivity index (χ3n) is 3.39. The number of benzene rings is 2. The van der Waals surface area contributed by atoms with E-state index in [1.807, 2.05) is 24.5 Å². The lowest BCUT2D eigenvalue weighted by Crippen LogP contribution is -1.90. The van der Waals surface area contributed by atoms with E-state index in [4.69, 9.17) is 0 Å². The van der Waals surface area contributed by atoms with Crippen LogP contribution in [0.1, 0.15) is 16.7 Å². The van der Waals surface area contributed by atoms with Gasteiger partial charge in [-0.3, -0.25) is 4.98 Å². The normalized spacial score (nSPS) is 10.6. The Morgan fingerprint density at radius 3 is 2.47 bits per heavy atom. The van der Waals surface area contributed by atoms with Crippen LogP contribution in [0, 0.1) is 6.92 Å². The summed E-state index contributed by atoms with van der Waals surface area (Å²) in [5.74, 6) is 0. The maximum Gasteiger partial charge on any atom is 0.0352 e. The maximum absolute atomic E-state index is 4.32. The molecule has 92 valence electrons. The van der Waals surface area contributed by atoms with Crippen molar-refractivity contribution in [2.75, 3.05) is 0 Å². The van der Waals surface area contributed by atoms with E-state index < -0.39 is 0 Å². The zero-order chi connectivity index (χ0) is 13.2. The van der Waals surface area contributed by atoms with Crippen LogP contribution in [0.3, 0.4) is 0 Å². The number of hydrogen-bond acceptors (Lipinski definition) is 1. The molecule has 0 amide bonds. The predicted octanol–water partition coefficient (Wildman–Crippen LogP) is 4.60. The van der Waals surface area contributed by atoms with Crippen molar-refractivity contribution in [3.8, 4) is 0 Å². The molecule has 0 aliphatic rings. The summed E-state index contributed by atoms with van der Waals surface area (Å²) >= 11 is 0. The molecule has 0 saturated heterocycles. The van der Waals surface area contributed by atoms with Gasteiger partial charge in [0.2, 0.25) is 0 Å². The highest BCUT2D eigenvalue weighted by molar-refractivity contribution is 5.96. The first-order chi connectivity index (χ1) is 9.25. The van der Waals surface area contributed by atoms with Gasteiger partial charge in [0.1, 0.15) is 0 Å². The van der Waals surface area contributed by atoms with Crippen molar-refractivity contribution in [2.24, 2.45) is 0 Å². The average Bonchev–Trinajstić information content (AvgIpc) is 2.47. The van der Waals surface area contributed by atoms with Gasteiger partial charge in [-0.1, -0.05) is 60.7 Å². The number of fused-ring (bicyclic) bond motifs is 1. The van der Waals surface area contributed by atoms with Gasteiger partial charge in [-0.05, 0) is 23.4 Å². The molecule has 3 rings (SSSR count). The van der Waals surface area contributed by atoms with Crippen molar-refractivity contribution in [1.29, 1.82) is 0 Å². The molecule has 1 aromatic heterocycles. The predicted molar refractivity (Wildman–Crippen MR) is 81.1 cm³/mol. The molecule has 19 heavy (non-hydrogen) atoms. The molecule has 0 aliphatic heterocycles. The van der Waals surface area contributed by atoms with Crippen molar-refractivity contribution in [1.82, 2.24) is 4.98 Å². The van der Waals surface area contributed by atoms with Gasteiger partial charge in [-0.15, -0.1) is 0 Å². The summed E-state index contributed by atoms with van der Waals surface area (Å²) in [6, 6.07) is 16.7. The van der Waals surface area contributed by atoms with E-state index in [0.717, 1.165) is 22.1 Å². The van der Waals surface area contributed by atoms with Crippen LogP contribution in [0.2, 0.25) is 0 Å². The molecule has 0 saturated carbocycles. The Morgan fingerprint density at radius 1 is 0.947 bits per heavy atom. The number of pyridine rings is 1. The second-order valence-electron chi connectivity index (χ2n) is 4.75. The lowest BCUT2D eigenvalue weighted by molar-refractivity contribution is 1.34. The molecule has 2 aromatic carbocycles. The van der Waals surface area contributed by atoms with E-state index in [1.165, 1.54) is 10.9 Å². The van der Waals surface area contributed by atoms with Crippen LogP contribution in [0.5, 0.6) is 0 Å². The Bertz CT molecular complexity index is 734. The highest BCUT2D eigenvalue weighted by Crippen LogP contribution is 2.27. The molecule has 0 fully saturated rings. The smallest absolute Gasteiger partial charge is 0.0352 e. The van der Waals surface area contributed by atoms with Crippen LogP contribution in [-0.4, -0.2) is 4.98 Å². The molecule has 0 unspecified atom stereocenters. The molecule has 0 spiro atoms. The quantitative estimate of drug-likeness (QED) is 0.642. The molecule has 1 heterocycles. The van der Waals surface area contributed by atoms with Gasteiger partial charge in [0.15, 0.2) is 0 Å². The number of rotatable bonds is 2. The molecular weight excluding hydrogens is 230 g/mol. The van der Waals surface area contributed by atoms with E-state index in [0.29, 0.717) is 0 Å². The second-order valence-corrected chi connectivity index (χ2v) is 4.75. The standard InChI is InChI=1S/C18H15N/c1-13-7-9-15(10-8-13)14(2)18-12-19-11-16-5-3-4-6-17(16)18/h3-12H,2H2,1H3. The fraction of sp³-hybridized carbons (Fsp3) is 0.0556. The molecule has 1 nitrogen and oxygen atoms in total. The molecule has 0 aliphatic carbocycles. The summed E-state index contributed by atoms with van der Waals surface area (Å²) in [5, 5.41) is 2.34. The Hall–Kier alpha value is -2.41. The van der Waals surface area contributed by atoms with E-state index in [1.54, 1.807) is 0 Å². The van der Waals surface area contributed by atoms with Crippen LogP contribution >= 0.6 is 0 Å². The Kier molecular flexibility index (Phi) is 2.88. The van der Waals surface area contributed by atoms with Crippen LogP contribution in [0.25, 0.3) is 16.3 Å². The lowest BCUT2D eigenvalue weighted by atomic mass is 9.96. The summed E-state index contributed by atoms with van der Waals surface area (Å²) in [5.41, 5.74) is 4.52. The van der Waals surface area contributed by atoms with Crippen molar-refractivity contribution in [3.63, 3.8) is 0 Å². The first-order valence-corrected chi connectivity index (χ1v) is 6.35. The third kappa shape index (κ3) is 2.15. The van der Waals surface area contributed by atoms with Gasteiger partial charge in [0.05, 0.1) is 0 Å². The molecule has 1 heteroatoms. The number of hydrogen-bond donors (Lipinski definition) is 0. The average molecular weight is 245 g/mol. The Balaban J connectivity index is 2.14. The number of aromatic nitrogens is 1. The highest BCUT2D eigenvalue weighted by atomic mass is 14.6. The molecule has 0 N–H and O–H groups in total. The number of nitrogens with zero attached hydrogens (tertiary/aromatic N) is 1. The van der Waals surface area contributed by atoms with Gasteiger partial charge in [0, 0.05) is 23.3 Å². The van der Waals surface area contributed by atoms with Crippen LogP contribution < -0.4 is 0 Å². The molecule has 3 aromatic rings. The first-order valence-electron chi connectivity index (χ1n) is 6.35. The fourth-order valence-electron chi connectivity index (χ4n) is 2.27. The van der Waals surface area contributed by atoms with Crippen molar-refractivity contribution in [2.45, 2.75) is 6.92 Å². The minimum Gasteiger partial charge on any atom is -0.263 e. The van der Waals surface area contributed by atoms with E-state index >= 15 is 0 Å². The van der Waals surface area contributed by atoms with Gasteiger partial charge in [-0.25, -0.2) is 0 Å². The zero-order valence-electron chi connectivity index (χ0n) is 10.9. The summed E-state index contributed by atoms with van der Waals surface area (Å²) in [7, 11) is 0. The fourth-order valence-corrected chi connectivity index (χ4v) is 2.27. The SMILES string of the molecule is C=C(c1ccc(C)cc1)c1cncc2ccccc12. The molecule has 0 radical (unpaired) electrons. The minimum absolute atomic E-state index is 1.02. The summed E-state index contributed by atoms with van der Waals surface area (Å²) in [6.07, 6.45) is 3.78. The maximum atomic E-state index is 4.32. The van der Waals surface area contributed by atoms with Gasteiger partial charge in [0.25, 0.3) is 0 Å². The minimum atomic E-state index is 1.02. The first kappa shape index (κ1) is 11.7. The van der Waals surface area contributed by atoms with Crippen LogP contribution in [0.4, 0.5) is 0 Å². The molecular formula is C18H15N.